The largest absolute Gasteiger partial charge is 0.494 e. The molecule has 1 heterocycles. The van der Waals surface area contributed by atoms with Crippen LogP contribution in [0.15, 0.2) is 24.3 Å². The first kappa shape index (κ1) is 13.4. The highest BCUT2D eigenvalue weighted by atomic mass is 16.5. The fourth-order valence-corrected chi connectivity index (χ4v) is 2.05. The summed E-state index contributed by atoms with van der Waals surface area (Å²) in [5.41, 5.74) is 0.722. The van der Waals surface area contributed by atoms with Crippen LogP contribution in [0.3, 0.4) is 0 Å². The molecule has 0 aliphatic carbocycles. The van der Waals surface area contributed by atoms with Crippen LogP contribution in [-0.4, -0.2) is 25.0 Å². The summed E-state index contributed by atoms with van der Waals surface area (Å²) in [5.74, 6) is 0.384. The number of rotatable bonds is 4. The minimum absolute atomic E-state index is 0.0573. The van der Waals surface area contributed by atoms with Crippen molar-refractivity contribution in [2.24, 2.45) is 5.92 Å². The van der Waals surface area contributed by atoms with Crippen molar-refractivity contribution >= 4 is 17.5 Å². The Hall–Kier alpha value is -2.04. The van der Waals surface area contributed by atoms with Crippen LogP contribution >= 0.6 is 0 Å². The molecule has 5 heteroatoms. The van der Waals surface area contributed by atoms with Crippen LogP contribution in [0.1, 0.15) is 19.8 Å². The summed E-state index contributed by atoms with van der Waals surface area (Å²) in [6.45, 7) is 3.10. The maximum absolute atomic E-state index is 12.0. The predicted molar refractivity (Wildman–Crippen MR) is 72.0 cm³/mol. The van der Waals surface area contributed by atoms with Crippen molar-refractivity contribution in [2.75, 3.05) is 18.5 Å². The van der Waals surface area contributed by atoms with Crippen molar-refractivity contribution in [1.29, 1.82) is 0 Å². The molecule has 1 aromatic rings. The second-order valence-corrected chi connectivity index (χ2v) is 4.49. The molecule has 1 atom stereocenters. The number of ether oxygens (including phenoxy) is 1. The van der Waals surface area contributed by atoms with E-state index < -0.39 is 0 Å². The average Bonchev–Trinajstić information content (AvgIpc) is 2.41. The number of piperidine rings is 1. The quantitative estimate of drug-likeness (QED) is 0.865. The molecular weight excluding hydrogens is 244 g/mol. The van der Waals surface area contributed by atoms with E-state index in [1.54, 1.807) is 12.1 Å². The SMILES string of the molecule is CCOc1ccc(NC(=O)C2CCNC(=O)C2)cc1. The molecule has 2 N–H and O–H groups in total. The van der Waals surface area contributed by atoms with E-state index in [1.165, 1.54) is 0 Å². The van der Waals surface area contributed by atoms with Gasteiger partial charge in [0.25, 0.3) is 0 Å². The molecule has 1 aliphatic rings. The van der Waals surface area contributed by atoms with Crippen molar-refractivity contribution in [3.05, 3.63) is 24.3 Å². The van der Waals surface area contributed by atoms with Crippen molar-refractivity contribution in [3.8, 4) is 5.75 Å². The predicted octanol–water partition coefficient (Wildman–Crippen LogP) is 1.55. The smallest absolute Gasteiger partial charge is 0.228 e. The molecule has 0 radical (unpaired) electrons. The van der Waals surface area contributed by atoms with Gasteiger partial charge in [0.15, 0.2) is 0 Å². The molecule has 0 spiro atoms. The van der Waals surface area contributed by atoms with Crippen LogP contribution in [0.25, 0.3) is 0 Å². The van der Waals surface area contributed by atoms with E-state index >= 15 is 0 Å². The van der Waals surface area contributed by atoms with Crippen LogP contribution in [-0.2, 0) is 9.59 Å². The summed E-state index contributed by atoms with van der Waals surface area (Å²) in [6.07, 6.45) is 0.956. The van der Waals surface area contributed by atoms with Crippen LogP contribution in [0, 0.1) is 5.92 Å². The van der Waals surface area contributed by atoms with Crippen LogP contribution < -0.4 is 15.4 Å². The Morgan fingerprint density at radius 2 is 2.16 bits per heavy atom. The van der Waals surface area contributed by atoms with Gasteiger partial charge in [0.05, 0.1) is 6.61 Å². The zero-order chi connectivity index (χ0) is 13.7. The van der Waals surface area contributed by atoms with E-state index in [9.17, 15) is 9.59 Å². The van der Waals surface area contributed by atoms with Crippen LogP contribution in [0.5, 0.6) is 5.75 Å². The molecule has 0 aromatic heterocycles. The van der Waals surface area contributed by atoms with Gasteiger partial charge in [0.1, 0.15) is 5.75 Å². The van der Waals surface area contributed by atoms with Gasteiger partial charge in [-0.25, -0.2) is 0 Å². The van der Waals surface area contributed by atoms with E-state index in [-0.39, 0.29) is 24.2 Å². The minimum atomic E-state index is -0.236. The molecule has 2 rings (SSSR count). The lowest BCUT2D eigenvalue weighted by atomic mass is 9.96. The van der Waals surface area contributed by atoms with Gasteiger partial charge >= 0.3 is 0 Å². The van der Waals surface area contributed by atoms with E-state index in [0.29, 0.717) is 19.6 Å². The minimum Gasteiger partial charge on any atom is -0.494 e. The third-order valence-corrected chi connectivity index (χ3v) is 3.05. The number of hydrogen-bond acceptors (Lipinski definition) is 3. The van der Waals surface area contributed by atoms with Gasteiger partial charge in [-0.05, 0) is 37.6 Å². The summed E-state index contributed by atoms with van der Waals surface area (Å²) in [5, 5.41) is 5.54. The molecule has 0 saturated carbocycles. The second kappa shape index (κ2) is 6.22. The number of carbonyl (C=O) groups is 2. The Morgan fingerprint density at radius 1 is 1.42 bits per heavy atom. The summed E-state index contributed by atoms with van der Waals surface area (Å²) >= 11 is 0. The Kier molecular flexibility index (Phi) is 4.39. The molecule has 2 amide bonds. The lowest BCUT2D eigenvalue weighted by Gasteiger charge is -2.21. The number of benzene rings is 1. The molecule has 19 heavy (non-hydrogen) atoms. The van der Waals surface area contributed by atoms with Gasteiger partial charge in [-0.15, -0.1) is 0 Å². The monoisotopic (exact) mass is 262 g/mol. The van der Waals surface area contributed by atoms with E-state index in [0.717, 1.165) is 11.4 Å². The zero-order valence-corrected chi connectivity index (χ0v) is 10.9. The standard InChI is InChI=1S/C14H18N2O3/c1-2-19-12-5-3-11(4-6-12)16-14(18)10-7-8-15-13(17)9-10/h3-6,10H,2,7-9H2,1H3,(H,15,17)(H,16,18). The van der Waals surface area contributed by atoms with Crippen molar-refractivity contribution in [1.82, 2.24) is 5.32 Å². The molecule has 1 aromatic carbocycles. The number of carbonyl (C=O) groups excluding carboxylic acids is 2. The maximum atomic E-state index is 12.0. The topological polar surface area (TPSA) is 67.4 Å². The van der Waals surface area contributed by atoms with Crippen molar-refractivity contribution in [3.63, 3.8) is 0 Å². The average molecular weight is 262 g/mol. The normalized spacial score (nSPS) is 18.6. The van der Waals surface area contributed by atoms with Gasteiger partial charge < -0.3 is 15.4 Å². The molecule has 102 valence electrons. The molecule has 5 nitrogen and oxygen atoms in total. The number of hydrogen-bond donors (Lipinski definition) is 2. The highest BCUT2D eigenvalue weighted by Gasteiger charge is 2.25. The van der Waals surface area contributed by atoms with Crippen molar-refractivity contribution < 1.29 is 14.3 Å². The van der Waals surface area contributed by atoms with E-state index in [2.05, 4.69) is 10.6 Å². The first-order valence-electron chi connectivity index (χ1n) is 6.49. The van der Waals surface area contributed by atoms with Crippen LogP contribution in [0.4, 0.5) is 5.69 Å². The summed E-state index contributed by atoms with van der Waals surface area (Å²) in [6, 6.07) is 7.22. The molecule has 0 bridgehead atoms. The van der Waals surface area contributed by atoms with Crippen molar-refractivity contribution in [2.45, 2.75) is 19.8 Å². The first-order chi connectivity index (χ1) is 9.19. The Bertz CT molecular complexity index is 456. The third kappa shape index (κ3) is 3.71. The molecular formula is C14H18N2O3. The molecule has 1 unspecified atom stereocenters. The van der Waals surface area contributed by atoms with Gasteiger partial charge in [-0.1, -0.05) is 0 Å². The van der Waals surface area contributed by atoms with Gasteiger partial charge in [0, 0.05) is 24.6 Å². The van der Waals surface area contributed by atoms with E-state index in [1.807, 2.05) is 19.1 Å². The zero-order valence-electron chi connectivity index (χ0n) is 10.9. The lowest BCUT2D eigenvalue weighted by Crippen LogP contribution is -2.38. The van der Waals surface area contributed by atoms with E-state index in [4.69, 9.17) is 4.74 Å². The maximum Gasteiger partial charge on any atom is 0.228 e. The Morgan fingerprint density at radius 3 is 2.79 bits per heavy atom. The summed E-state index contributed by atoms with van der Waals surface area (Å²) in [7, 11) is 0. The lowest BCUT2D eigenvalue weighted by molar-refractivity contribution is -0.129. The van der Waals surface area contributed by atoms with Gasteiger partial charge in [-0.3, -0.25) is 9.59 Å². The molecule has 1 saturated heterocycles. The molecule has 1 aliphatic heterocycles. The Labute approximate surface area is 112 Å². The number of nitrogens with one attached hydrogen (secondary N) is 2. The fraction of sp³-hybridized carbons (Fsp3) is 0.429. The number of amides is 2. The fourth-order valence-electron chi connectivity index (χ4n) is 2.05. The first-order valence-corrected chi connectivity index (χ1v) is 6.49. The third-order valence-electron chi connectivity index (χ3n) is 3.05. The Balaban J connectivity index is 1.92. The summed E-state index contributed by atoms with van der Waals surface area (Å²) in [4.78, 5) is 23.2. The molecule has 1 fully saturated rings. The van der Waals surface area contributed by atoms with Crippen LogP contribution in [0.2, 0.25) is 0 Å². The van der Waals surface area contributed by atoms with Gasteiger partial charge in [-0.2, -0.15) is 0 Å². The second-order valence-electron chi connectivity index (χ2n) is 4.49. The summed E-state index contributed by atoms with van der Waals surface area (Å²) < 4.78 is 5.33. The van der Waals surface area contributed by atoms with Gasteiger partial charge in [0.2, 0.25) is 11.8 Å². The number of anilines is 1. The highest BCUT2D eigenvalue weighted by molar-refractivity contribution is 5.95. The highest BCUT2D eigenvalue weighted by Crippen LogP contribution is 2.19.